The zero-order valence-corrected chi connectivity index (χ0v) is 10.0. The Morgan fingerprint density at radius 2 is 2.00 bits per heavy atom. The predicted molar refractivity (Wildman–Crippen MR) is 65.0 cm³/mol. The van der Waals surface area contributed by atoms with Gasteiger partial charge in [-0.1, -0.05) is 30.3 Å². The van der Waals surface area contributed by atoms with Gasteiger partial charge in [0.2, 0.25) is 5.91 Å². The van der Waals surface area contributed by atoms with Gasteiger partial charge in [-0.05, 0) is 26.0 Å². The van der Waals surface area contributed by atoms with E-state index in [-0.39, 0.29) is 5.91 Å². The molecular weight excluding hydrogens is 224 g/mol. The summed E-state index contributed by atoms with van der Waals surface area (Å²) in [6.45, 7) is 7.61. The second kappa shape index (κ2) is 3.52. The van der Waals surface area contributed by atoms with Gasteiger partial charge in [-0.3, -0.25) is 15.2 Å². The molecule has 4 heteroatoms. The van der Waals surface area contributed by atoms with Crippen LogP contribution in [0.2, 0.25) is 5.02 Å². The van der Waals surface area contributed by atoms with Gasteiger partial charge in [0.25, 0.3) is 0 Å². The van der Waals surface area contributed by atoms with Gasteiger partial charge < -0.3 is 0 Å². The van der Waals surface area contributed by atoms with Gasteiger partial charge in [0.1, 0.15) is 0 Å². The number of carbonyl (C=O) groups excluding carboxylic acids is 1. The monoisotopic (exact) mass is 236 g/mol. The lowest BCUT2D eigenvalue weighted by Crippen LogP contribution is -2.32. The van der Waals surface area contributed by atoms with Crippen molar-refractivity contribution in [2.24, 2.45) is 5.41 Å². The fraction of sp³-hybridized carbons (Fsp3) is 0.250. The number of halogens is 1. The third-order valence-corrected chi connectivity index (χ3v) is 3.19. The first-order valence-electron chi connectivity index (χ1n) is 4.99. The van der Waals surface area contributed by atoms with Crippen LogP contribution in [0.25, 0.3) is 0 Å². The predicted octanol–water partition coefficient (Wildman–Crippen LogP) is 2.73. The summed E-state index contributed by atoms with van der Waals surface area (Å²) in [7, 11) is 0. The van der Waals surface area contributed by atoms with Gasteiger partial charge in [0.05, 0.1) is 16.1 Å². The molecule has 1 aromatic carbocycles. The van der Waals surface area contributed by atoms with Crippen molar-refractivity contribution in [3.63, 3.8) is 0 Å². The smallest absolute Gasteiger partial charge is 0.250 e. The Hall–Kier alpha value is -1.48. The van der Waals surface area contributed by atoms with E-state index in [0.717, 1.165) is 5.69 Å². The van der Waals surface area contributed by atoms with Gasteiger partial charge >= 0.3 is 0 Å². The summed E-state index contributed by atoms with van der Waals surface area (Å²) >= 11 is 6.08. The maximum absolute atomic E-state index is 11.7. The van der Waals surface area contributed by atoms with Crippen molar-refractivity contribution < 1.29 is 4.79 Å². The fourth-order valence-electron chi connectivity index (χ4n) is 1.56. The Bertz CT molecular complexity index is 468. The molecule has 1 N–H and O–H groups in total. The van der Waals surface area contributed by atoms with Crippen molar-refractivity contribution in [1.29, 1.82) is 0 Å². The van der Waals surface area contributed by atoms with Crippen LogP contribution in [0.4, 0.5) is 5.69 Å². The minimum Gasteiger partial charge on any atom is -0.272 e. The molecule has 1 amide bonds. The zero-order valence-electron chi connectivity index (χ0n) is 9.25. The van der Waals surface area contributed by atoms with E-state index >= 15 is 0 Å². The topological polar surface area (TPSA) is 32.3 Å². The van der Waals surface area contributed by atoms with Gasteiger partial charge in [0, 0.05) is 5.70 Å². The molecule has 1 heterocycles. The van der Waals surface area contributed by atoms with E-state index in [0.29, 0.717) is 10.7 Å². The summed E-state index contributed by atoms with van der Waals surface area (Å²) in [4.78, 5) is 11.7. The molecule has 0 aromatic heterocycles. The molecule has 1 saturated heterocycles. The number of amides is 1. The van der Waals surface area contributed by atoms with Crippen LogP contribution in [0, 0.1) is 5.41 Å². The van der Waals surface area contributed by atoms with Crippen LogP contribution >= 0.6 is 11.6 Å². The first kappa shape index (κ1) is 11.0. The van der Waals surface area contributed by atoms with E-state index in [1.165, 1.54) is 0 Å². The van der Waals surface area contributed by atoms with Crippen molar-refractivity contribution in [2.45, 2.75) is 13.8 Å². The minimum atomic E-state index is -0.598. The second-order valence-corrected chi connectivity index (χ2v) is 4.71. The average molecular weight is 237 g/mol. The maximum Gasteiger partial charge on any atom is 0.250 e. The highest BCUT2D eigenvalue weighted by Crippen LogP contribution is 2.38. The number of hydrogen-bond acceptors (Lipinski definition) is 2. The molecule has 2 rings (SSSR count). The number of anilines is 1. The number of hydrogen-bond donors (Lipinski definition) is 1. The second-order valence-electron chi connectivity index (χ2n) is 4.30. The largest absolute Gasteiger partial charge is 0.272 e. The van der Waals surface area contributed by atoms with E-state index in [1.807, 2.05) is 32.0 Å². The molecule has 0 unspecified atom stereocenters. The number of nitrogens with one attached hydrogen (secondary N) is 1. The highest BCUT2D eigenvalue weighted by Gasteiger charge is 2.42. The molecule has 1 aliphatic heterocycles. The SMILES string of the molecule is C=C1N(c2ccccc2Cl)NC(=O)C1(C)C. The number of nitrogens with zero attached hydrogens (tertiary/aromatic N) is 1. The normalized spacial score (nSPS) is 18.8. The molecule has 16 heavy (non-hydrogen) atoms. The quantitative estimate of drug-likeness (QED) is 0.813. The molecule has 1 fully saturated rings. The van der Waals surface area contributed by atoms with Gasteiger partial charge in [0.15, 0.2) is 0 Å². The molecule has 3 nitrogen and oxygen atoms in total. The van der Waals surface area contributed by atoms with Crippen molar-refractivity contribution in [3.05, 3.63) is 41.6 Å². The van der Waals surface area contributed by atoms with Crippen LogP contribution in [0.3, 0.4) is 0 Å². The van der Waals surface area contributed by atoms with Crippen LogP contribution in [-0.2, 0) is 4.79 Å². The summed E-state index contributed by atoms with van der Waals surface area (Å²) in [6, 6.07) is 7.33. The summed E-state index contributed by atoms with van der Waals surface area (Å²) in [6.07, 6.45) is 0. The van der Waals surface area contributed by atoms with E-state index in [2.05, 4.69) is 12.0 Å². The Kier molecular flexibility index (Phi) is 2.43. The summed E-state index contributed by atoms with van der Waals surface area (Å²) in [5.41, 5.74) is 3.61. The molecule has 0 spiro atoms. The molecular formula is C12H13ClN2O. The van der Waals surface area contributed by atoms with Crippen molar-refractivity contribution >= 4 is 23.2 Å². The molecule has 84 valence electrons. The molecule has 0 bridgehead atoms. The third-order valence-electron chi connectivity index (χ3n) is 2.87. The Labute approximate surface area is 99.7 Å². The third kappa shape index (κ3) is 1.48. The average Bonchev–Trinajstić information content (AvgIpc) is 2.43. The number of carbonyl (C=O) groups is 1. The summed E-state index contributed by atoms with van der Waals surface area (Å²) < 4.78 is 0. The Morgan fingerprint density at radius 3 is 2.50 bits per heavy atom. The van der Waals surface area contributed by atoms with Crippen LogP contribution in [0.1, 0.15) is 13.8 Å². The fourth-order valence-corrected chi connectivity index (χ4v) is 1.78. The lowest BCUT2D eigenvalue weighted by Gasteiger charge is -2.22. The highest BCUT2D eigenvalue weighted by molar-refractivity contribution is 6.33. The lowest BCUT2D eigenvalue weighted by molar-refractivity contribution is -0.125. The van der Waals surface area contributed by atoms with E-state index in [1.54, 1.807) is 11.1 Å². The summed E-state index contributed by atoms with van der Waals surface area (Å²) in [5, 5.41) is 2.23. The van der Waals surface area contributed by atoms with Crippen LogP contribution in [0.15, 0.2) is 36.5 Å². The van der Waals surface area contributed by atoms with E-state index in [9.17, 15) is 4.79 Å². The zero-order chi connectivity index (χ0) is 11.9. The first-order chi connectivity index (χ1) is 7.44. The molecule has 0 aliphatic carbocycles. The first-order valence-corrected chi connectivity index (χ1v) is 5.37. The standard InChI is InChI=1S/C12H13ClN2O/c1-8-12(2,3)11(16)14-15(8)10-7-5-4-6-9(10)13/h4-7H,1H2,2-3H3,(H,14,16). The van der Waals surface area contributed by atoms with Crippen molar-refractivity contribution in [2.75, 3.05) is 5.01 Å². The number of rotatable bonds is 1. The van der Waals surface area contributed by atoms with Gasteiger partial charge in [-0.15, -0.1) is 0 Å². The number of benzene rings is 1. The number of para-hydroxylation sites is 1. The molecule has 1 aromatic rings. The van der Waals surface area contributed by atoms with Crippen molar-refractivity contribution in [1.82, 2.24) is 5.43 Å². The molecule has 0 atom stereocenters. The van der Waals surface area contributed by atoms with Crippen molar-refractivity contribution in [3.8, 4) is 0 Å². The van der Waals surface area contributed by atoms with Gasteiger partial charge in [-0.25, -0.2) is 0 Å². The van der Waals surface area contributed by atoms with Crippen LogP contribution < -0.4 is 10.4 Å². The van der Waals surface area contributed by atoms with Gasteiger partial charge in [-0.2, -0.15) is 0 Å². The highest BCUT2D eigenvalue weighted by atomic mass is 35.5. The summed E-state index contributed by atoms with van der Waals surface area (Å²) in [5.74, 6) is -0.0718. The van der Waals surface area contributed by atoms with E-state index in [4.69, 9.17) is 11.6 Å². The Balaban J connectivity index is 2.43. The van der Waals surface area contributed by atoms with Crippen LogP contribution in [0.5, 0.6) is 0 Å². The molecule has 1 aliphatic rings. The minimum absolute atomic E-state index is 0.0718. The van der Waals surface area contributed by atoms with Crippen LogP contribution in [-0.4, -0.2) is 5.91 Å². The Morgan fingerprint density at radius 1 is 1.38 bits per heavy atom. The van der Waals surface area contributed by atoms with E-state index < -0.39 is 5.41 Å². The number of hydrazine groups is 1. The molecule has 0 saturated carbocycles. The maximum atomic E-state index is 11.7. The molecule has 0 radical (unpaired) electrons. The lowest BCUT2D eigenvalue weighted by atomic mass is 9.90.